The minimum absolute atomic E-state index is 0.205. The smallest absolute Gasteiger partial charge is 0.419 e. The van der Waals surface area contributed by atoms with Gasteiger partial charge >= 0.3 is 12.4 Å². The summed E-state index contributed by atoms with van der Waals surface area (Å²) in [7, 11) is 0. The molecule has 12 heteroatoms. The molecule has 0 aliphatic carbocycles. The lowest BCUT2D eigenvalue weighted by Crippen LogP contribution is -2.49. The lowest BCUT2D eigenvalue weighted by molar-refractivity contribution is -0.140. The van der Waals surface area contributed by atoms with E-state index in [9.17, 15) is 45.0 Å². The van der Waals surface area contributed by atoms with Gasteiger partial charge in [-0.1, -0.05) is 36.4 Å². The standard InChI is InChI=1S/C29H18F9NO2/c30-23-10-6-17(12-21(23)28(33,34)35)26(41)39-27(15-16-4-2-1-3-5-16,20-9-8-19(40)14-25(20)32)18-7-11-24(31)22(13-18)29(36,37)38/h1-14,40H,15H2,(H,39,41). The first-order valence-electron chi connectivity index (χ1n) is 11.7. The first-order chi connectivity index (χ1) is 19.1. The molecule has 1 amide bonds. The van der Waals surface area contributed by atoms with Crippen molar-refractivity contribution >= 4 is 5.91 Å². The number of nitrogens with one attached hydrogen (secondary N) is 1. The number of halogens is 9. The van der Waals surface area contributed by atoms with E-state index >= 15 is 4.39 Å². The quantitative estimate of drug-likeness (QED) is 0.228. The molecule has 4 aromatic carbocycles. The molecule has 3 nitrogen and oxygen atoms in total. The van der Waals surface area contributed by atoms with E-state index < -0.39 is 81.2 Å². The number of phenolic OH excluding ortho intramolecular Hbond substituents is 1. The Bertz CT molecular complexity index is 1580. The van der Waals surface area contributed by atoms with Crippen LogP contribution in [-0.2, 0) is 24.3 Å². The van der Waals surface area contributed by atoms with Gasteiger partial charge in [0.1, 0.15) is 23.2 Å². The SMILES string of the molecule is O=C(NC(Cc1ccccc1)(c1ccc(F)c(C(F)(F)F)c1)c1ccc(O)cc1F)c1ccc(F)c(C(F)(F)F)c1. The number of alkyl halides is 6. The van der Waals surface area contributed by atoms with E-state index in [0.29, 0.717) is 35.9 Å². The maximum atomic E-state index is 15.5. The highest BCUT2D eigenvalue weighted by atomic mass is 19.4. The highest BCUT2D eigenvalue weighted by Gasteiger charge is 2.43. The van der Waals surface area contributed by atoms with Crippen LogP contribution in [0.5, 0.6) is 5.75 Å². The van der Waals surface area contributed by atoms with Crippen LogP contribution in [0.1, 0.15) is 38.2 Å². The zero-order chi connectivity index (χ0) is 30.2. The summed E-state index contributed by atoms with van der Waals surface area (Å²) in [4.78, 5) is 13.4. The monoisotopic (exact) mass is 583 g/mol. The number of carbonyl (C=O) groups excluding carboxylic acids is 1. The Hall–Kier alpha value is -4.48. The summed E-state index contributed by atoms with van der Waals surface area (Å²) in [5, 5.41) is 12.1. The number of hydrogen-bond donors (Lipinski definition) is 2. The molecular formula is C29H18F9NO2. The zero-order valence-electron chi connectivity index (χ0n) is 20.5. The fourth-order valence-corrected chi connectivity index (χ4v) is 4.45. The Kier molecular flexibility index (Phi) is 7.79. The van der Waals surface area contributed by atoms with E-state index in [4.69, 9.17) is 0 Å². The van der Waals surface area contributed by atoms with Crippen LogP contribution < -0.4 is 5.32 Å². The van der Waals surface area contributed by atoms with E-state index in [1.54, 1.807) is 6.07 Å². The molecule has 0 radical (unpaired) electrons. The molecular weight excluding hydrogens is 565 g/mol. The molecule has 0 aromatic heterocycles. The molecule has 41 heavy (non-hydrogen) atoms. The average Bonchev–Trinajstić information content (AvgIpc) is 2.88. The van der Waals surface area contributed by atoms with Crippen molar-refractivity contribution in [1.82, 2.24) is 5.32 Å². The minimum Gasteiger partial charge on any atom is -0.508 e. The number of rotatable bonds is 6. The van der Waals surface area contributed by atoms with Crippen LogP contribution in [0.2, 0.25) is 0 Å². The van der Waals surface area contributed by atoms with Gasteiger partial charge < -0.3 is 10.4 Å². The summed E-state index contributed by atoms with van der Waals surface area (Å²) in [5.41, 5.74) is -7.23. The fraction of sp³-hybridized carbons (Fsp3) is 0.138. The second-order valence-corrected chi connectivity index (χ2v) is 9.07. The van der Waals surface area contributed by atoms with Crippen molar-refractivity contribution in [2.75, 3.05) is 0 Å². The average molecular weight is 583 g/mol. The van der Waals surface area contributed by atoms with E-state index in [0.717, 1.165) is 18.2 Å². The van der Waals surface area contributed by atoms with Crippen LogP contribution in [0.4, 0.5) is 39.5 Å². The molecule has 0 fully saturated rings. The van der Waals surface area contributed by atoms with Crippen molar-refractivity contribution in [3.63, 3.8) is 0 Å². The summed E-state index contributed by atoms with van der Waals surface area (Å²) in [6.45, 7) is 0. The minimum atomic E-state index is -5.21. The van der Waals surface area contributed by atoms with Gasteiger partial charge in [0.25, 0.3) is 5.91 Å². The summed E-state index contributed by atoms with van der Waals surface area (Å²) >= 11 is 0. The Morgan fingerprint density at radius 3 is 1.83 bits per heavy atom. The molecule has 0 spiro atoms. The number of hydrogen-bond acceptors (Lipinski definition) is 2. The highest BCUT2D eigenvalue weighted by molar-refractivity contribution is 5.95. The molecule has 4 aromatic rings. The zero-order valence-corrected chi connectivity index (χ0v) is 20.5. The summed E-state index contributed by atoms with van der Waals surface area (Å²) in [5.74, 6) is -6.45. The van der Waals surface area contributed by atoms with E-state index in [1.807, 2.05) is 0 Å². The van der Waals surface area contributed by atoms with Crippen molar-refractivity contribution in [2.24, 2.45) is 0 Å². The molecule has 0 bridgehead atoms. The predicted molar refractivity (Wildman–Crippen MR) is 129 cm³/mol. The van der Waals surface area contributed by atoms with Crippen LogP contribution in [0, 0.1) is 17.5 Å². The molecule has 0 aliphatic heterocycles. The van der Waals surface area contributed by atoms with Crippen molar-refractivity contribution in [3.05, 3.63) is 136 Å². The molecule has 214 valence electrons. The number of benzene rings is 4. The Balaban J connectivity index is 2.01. The molecule has 2 N–H and O–H groups in total. The van der Waals surface area contributed by atoms with Gasteiger partial charge in [-0.2, -0.15) is 26.3 Å². The summed E-state index contributed by atoms with van der Waals surface area (Å²) in [6.07, 6.45) is -10.9. The van der Waals surface area contributed by atoms with Crippen LogP contribution in [-0.4, -0.2) is 11.0 Å². The Morgan fingerprint density at radius 2 is 1.24 bits per heavy atom. The van der Waals surface area contributed by atoms with E-state index in [1.165, 1.54) is 24.3 Å². The van der Waals surface area contributed by atoms with E-state index in [-0.39, 0.29) is 6.07 Å². The van der Waals surface area contributed by atoms with Gasteiger partial charge in [0.05, 0.1) is 16.7 Å². The first-order valence-corrected chi connectivity index (χ1v) is 11.7. The molecule has 0 saturated heterocycles. The third-order valence-corrected chi connectivity index (χ3v) is 6.35. The van der Waals surface area contributed by atoms with Crippen LogP contribution in [0.3, 0.4) is 0 Å². The van der Waals surface area contributed by atoms with Crippen molar-refractivity contribution in [2.45, 2.75) is 24.3 Å². The molecule has 1 atom stereocenters. The number of aromatic hydroxyl groups is 1. The largest absolute Gasteiger partial charge is 0.508 e. The topological polar surface area (TPSA) is 49.3 Å². The lowest BCUT2D eigenvalue weighted by atomic mass is 9.76. The van der Waals surface area contributed by atoms with Gasteiger partial charge in [-0.3, -0.25) is 4.79 Å². The summed E-state index contributed by atoms with van der Waals surface area (Å²) in [6, 6.07) is 13.2. The molecule has 0 heterocycles. The van der Waals surface area contributed by atoms with Gasteiger partial charge in [0.2, 0.25) is 0 Å². The predicted octanol–water partition coefficient (Wildman–Crippen LogP) is 7.76. The van der Waals surface area contributed by atoms with Gasteiger partial charge in [0.15, 0.2) is 0 Å². The lowest BCUT2D eigenvalue weighted by Gasteiger charge is -2.37. The van der Waals surface area contributed by atoms with Gasteiger partial charge in [-0.25, -0.2) is 13.2 Å². The molecule has 0 saturated carbocycles. The number of phenols is 1. The number of carbonyl (C=O) groups is 1. The van der Waals surface area contributed by atoms with Gasteiger partial charge in [0, 0.05) is 23.6 Å². The van der Waals surface area contributed by atoms with Crippen LogP contribution >= 0.6 is 0 Å². The van der Waals surface area contributed by atoms with Gasteiger partial charge in [-0.15, -0.1) is 0 Å². The fourth-order valence-electron chi connectivity index (χ4n) is 4.45. The summed E-state index contributed by atoms with van der Waals surface area (Å²) < 4.78 is 125. The van der Waals surface area contributed by atoms with Crippen molar-refractivity contribution in [3.8, 4) is 5.75 Å². The molecule has 1 unspecified atom stereocenters. The number of amides is 1. The second-order valence-electron chi connectivity index (χ2n) is 9.07. The van der Waals surface area contributed by atoms with Gasteiger partial charge in [-0.05, 0) is 53.6 Å². The Labute approximate surface area is 226 Å². The van der Waals surface area contributed by atoms with Crippen LogP contribution in [0.15, 0.2) is 84.9 Å². The normalized spacial score (nSPS) is 13.5. The second kappa shape index (κ2) is 10.8. The van der Waals surface area contributed by atoms with Crippen molar-refractivity contribution < 1.29 is 49.4 Å². The molecule has 0 aliphatic rings. The molecule has 4 rings (SSSR count). The third-order valence-electron chi connectivity index (χ3n) is 6.35. The maximum absolute atomic E-state index is 15.5. The Morgan fingerprint density at radius 1 is 0.659 bits per heavy atom. The van der Waals surface area contributed by atoms with Crippen LogP contribution in [0.25, 0.3) is 0 Å². The highest BCUT2D eigenvalue weighted by Crippen LogP contribution is 2.40. The first kappa shape index (κ1) is 29.5. The third kappa shape index (κ3) is 6.16. The van der Waals surface area contributed by atoms with E-state index in [2.05, 4.69) is 5.32 Å². The maximum Gasteiger partial charge on any atom is 0.419 e. The van der Waals surface area contributed by atoms with Crippen molar-refractivity contribution in [1.29, 1.82) is 0 Å².